The highest BCUT2D eigenvalue weighted by Gasteiger charge is 2.20. The number of rotatable bonds is 3. The first-order chi connectivity index (χ1) is 26.8. The Morgan fingerprint density at radius 2 is 0.796 bits per heavy atom. The average molecular weight is 687 g/mol. The summed E-state index contributed by atoms with van der Waals surface area (Å²) in [7, 11) is 0. The van der Waals surface area contributed by atoms with Gasteiger partial charge >= 0.3 is 0 Å². The van der Waals surface area contributed by atoms with Gasteiger partial charge in [0.2, 0.25) is 0 Å². The second-order valence-electron chi connectivity index (χ2n) is 14.3. The average Bonchev–Trinajstić information content (AvgIpc) is 3.81. The highest BCUT2D eigenvalue weighted by Crippen LogP contribution is 2.46. The summed E-state index contributed by atoms with van der Waals surface area (Å²) >= 11 is 0. The number of furan rings is 2. The Kier molecular flexibility index (Phi) is 6.09. The first-order valence-corrected chi connectivity index (χ1v) is 18.5. The first-order valence-electron chi connectivity index (χ1n) is 18.5. The molecular weight excluding hydrogens is 657 g/mol. The molecule has 0 aliphatic heterocycles. The zero-order valence-corrected chi connectivity index (χ0v) is 29.1. The number of benzene rings is 10. The molecule has 0 spiro atoms. The minimum Gasteiger partial charge on any atom is -0.456 e. The van der Waals surface area contributed by atoms with Crippen LogP contribution in [0.15, 0.2) is 191 Å². The maximum Gasteiger partial charge on any atom is 0.143 e. The van der Waals surface area contributed by atoms with Crippen LogP contribution in [0.25, 0.3) is 120 Å². The normalized spacial score (nSPS) is 12.1. The fourth-order valence-corrected chi connectivity index (χ4v) is 9.04. The molecular formula is C52H30O2. The molecule has 54 heavy (non-hydrogen) atoms. The fraction of sp³-hybridized carbons (Fsp3) is 0. The summed E-state index contributed by atoms with van der Waals surface area (Å²) in [6.45, 7) is 0. The lowest BCUT2D eigenvalue weighted by Gasteiger charge is -2.19. The molecule has 0 atom stereocenters. The van der Waals surface area contributed by atoms with E-state index in [0.29, 0.717) is 0 Å². The largest absolute Gasteiger partial charge is 0.456 e. The SMILES string of the molecule is c1ccc2c(-c3c4ccccc4c(-c4ccc(-c5ccc6c(c5)oc5ccc7oc8c9ccccc9ccc8c7c56)cc4)c4ccccc34)cccc2c1. The Bertz CT molecular complexity index is 3430. The van der Waals surface area contributed by atoms with Crippen LogP contribution in [0.3, 0.4) is 0 Å². The van der Waals surface area contributed by atoms with E-state index in [1.165, 1.54) is 60.0 Å². The Morgan fingerprint density at radius 1 is 0.278 bits per heavy atom. The van der Waals surface area contributed by atoms with Gasteiger partial charge in [0.15, 0.2) is 0 Å². The third kappa shape index (κ3) is 4.17. The van der Waals surface area contributed by atoms with Crippen LogP contribution in [0.1, 0.15) is 0 Å². The van der Waals surface area contributed by atoms with Gasteiger partial charge in [-0.1, -0.05) is 152 Å². The van der Waals surface area contributed by atoms with Gasteiger partial charge in [-0.05, 0) is 101 Å². The molecule has 0 bridgehead atoms. The molecule has 2 aromatic heterocycles. The van der Waals surface area contributed by atoms with E-state index < -0.39 is 0 Å². The lowest BCUT2D eigenvalue weighted by atomic mass is 9.84. The monoisotopic (exact) mass is 686 g/mol. The molecule has 2 heterocycles. The molecule has 2 heteroatoms. The highest BCUT2D eigenvalue weighted by atomic mass is 16.3. The van der Waals surface area contributed by atoms with Gasteiger partial charge in [0.05, 0.1) is 0 Å². The third-order valence-corrected chi connectivity index (χ3v) is 11.5. The molecule has 0 N–H and O–H groups in total. The summed E-state index contributed by atoms with van der Waals surface area (Å²) in [6.07, 6.45) is 0. The predicted octanol–water partition coefficient (Wildman–Crippen LogP) is 15.1. The molecule has 0 fully saturated rings. The van der Waals surface area contributed by atoms with E-state index in [9.17, 15) is 0 Å². The fourth-order valence-electron chi connectivity index (χ4n) is 9.04. The molecule has 0 aliphatic rings. The number of hydrogen-bond donors (Lipinski definition) is 0. The van der Waals surface area contributed by atoms with Crippen molar-refractivity contribution < 1.29 is 8.83 Å². The number of hydrogen-bond acceptors (Lipinski definition) is 2. The van der Waals surface area contributed by atoms with Crippen LogP contribution in [0.5, 0.6) is 0 Å². The van der Waals surface area contributed by atoms with E-state index in [2.05, 4.69) is 170 Å². The molecule has 250 valence electrons. The Morgan fingerprint density at radius 3 is 1.52 bits per heavy atom. The number of fused-ring (bicyclic) bond motifs is 12. The van der Waals surface area contributed by atoms with Crippen molar-refractivity contribution in [2.45, 2.75) is 0 Å². The molecule has 12 rings (SSSR count). The molecule has 10 aromatic carbocycles. The molecule has 0 saturated heterocycles. The van der Waals surface area contributed by atoms with Crippen LogP contribution in [0, 0.1) is 0 Å². The summed E-state index contributed by atoms with van der Waals surface area (Å²) in [6, 6.07) is 65.6. The van der Waals surface area contributed by atoms with Crippen LogP contribution >= 0.6 is 0 Å². The van der Waals surface area contributed by atoms with Gasteiger partial charge in [0.25, 0.3) is 0 Å². The molecule has 0 saturated carbocycles. The minimum atomic E-state index is 0.867. The van der Waals surface area contributed by atoms with Crippen LogP contribution < -0.4 is 0 Å². The van der Waals surface area contributed by atoms with Gasteiger partial charge in [-0.2, -0.15) is 0 Å². The first kappa shape index (κ1) is 29.4. The standard InChI is InChI=1S/C52H30O2/c1-3-13-36-32(10-1)12-9-19-38(36)49-41-17-7-5-15-39(41)48(40-16-6-8-18-42(40)49)34-22-20-31(21-23-34)35-25-26-43-47(30-35)53-45-28-29-46-51(50(43)45)44-27-24-33-11-2-4-14-37(33)52(44)54-46/h1-30H. The summed E-state index contributed by atoms with van der Waals surface area (Å²) in [5.74, 6) is 0. The molecule has 0 aliphatic carbocycles. The van der Waals surface area contributed by atoms with E-state index in [0.717, 1.165) is 60.4 Å². The summed E-state index contributed by atoms with van der Waals surface area (Å²) < 4.78 is 13.0. The Hall–Kier alpha value is -7.16. The van der Waals surface area contributed by atoms with Gasteiger partial charge in [0.1, 0.15) is 22.3 Å². The minimum absolute atomic E-state index is 0.867. The van der Waals surface area contributed by atoms with Crippen molar-refractivity contribution in [1.82, 2.24) is 0 Å². The highest BCUT2D eigenvalue weighted by molar-refractivity contribution is 6.28. The van der Waals surface area contributed by atoms with Crippen molar-refractivity contribution in [3.63, 3.8) is 0 Å². The molecule has 12 aromatic rings. The maximum absolute atomic E-state index is 6.55. The predicted molar refractivity (Wildman–Crippen MR) is 227 cm³/mol. The van der Waals surface area contributed by atoms with E-state index in [1.54, 1.807) is 0 Å². The van der Waals surface area contributed by atoms with E-state index >= 15 is 0 Å². The molecule has 0 unspecified atom stereocenters. The van der Waals surface area contributed by atoms with Gasteiger partial charge in [0, 0.05) is 26.9 Å². The van der Waals surface area contributed by atoms with Crippen molar-refractivity contribution in [3.8, 4) is 33.4 Å². The van der Waals surface area contributed by atoms with Gasteiger partial charge in [-0.3, -0.25) is 0 Å². The van der Waals surface area contributed by atoms with Crippen molar-refractivity contribution in [3.05, 3.63) is 182 Å². The molecule has 0 amide bonds. The van der Waals surface area contributed by atoms with Gasteiger partial charge in [-0.15, -0.1) is 0 Å². The zero-order chi connectivity index (χ0) is 35.3. The summed E-state index contributed by atoms with van der Waals surface area (Å²) in [4.78, 5) is 0. The van der Waals surface area contributed by atoms with E-state index in [-0.39, 0.29) is 0 Å². The van der Waals surface area contributed by atoms with Gasteiger partial charge < -0.3 is 8.83 Å². The Balaban J connectivity index is 1.000. The lowest BCUT2D eigenvalue weighted by Crippen LogP contribution is -1.91. The topological polar surface area (TPSA) is 26.3 Å². The second kappa shape index (κ2) is 11.2. The van der Waals surface area contributed by atoms with Gasteiger partial charge in [-0.25, -0.2) is 0 Å². The zero-order valence-electron chi connectivity index (χ0n) is 29.1. The third-order valence-electron chi connectivity index (χ3n) is 11.5. The summed E-state index contributed by atoms with van der Waals surface area (Å²) in [5.41, 5.74) is 10.8. The van der Waals surface area contributed by atoms with Crippen LogP contribution in [0.4, 0.5) is 0 Å². The van der Waals surface area contributed by atoms with Crippen LogP contribution in [-0.4, -0.2) is 0 Å². The van der Waals surface area contributed by atoms with Crippen molar-refractivity contribution >= 4 is 87.0 Å². The Labute approximate surface area is 310 Å². The molecule has 2 nitrogen and oxygen atoms in total. The quantitative estimate of drug-likeness (QED) is 0.173. The summed E-state index contributed by atoms with van der Waals surface area (Å²) in [5, 5.41) is 14.3. The van der Waals surface area contributed by atoms with Crippen molar-refractivity contribution in [1.29, 1.82) is 0 Å². The maximum atomic E-state index is 6.55. The van der Waals surface area contributed by atoms with Crippen LogP contribution in [-0.2, 0) is 0 Å². The second-order valence-corrected chi connectivity index (χ2v) is 14.3. The smallest absolute Gasteiger partial charge is 0.143 e. The van der Waals surface area contributed by atoms with Crippen LogP contribution in [0.2, 0.25) is 0 Å². The van der Waals surface area contributed by atoms with E-state index in [4.69, 9.17) is 8.83 Å². The van der Waals surface area contributed by atoms with Crippen molar-refractivity contribution in [2.24, 2.45) is 0 Å². The van der Waals surface area contributed by atoms with Crippen molar-refractivity contribution in [2.75, 3.05) is 0 Å². The molecule has 0 radical (unpaired) electrons. The lowest BCUT2D eigenvalue weighted by molar-refractivity contribution is 0.664. The van der Waals surface area contributed by atoms with E-state index in [1.807, 2.05) is 12.1 Å².